The van der Waals surface area contributed by atoms with Gasteiger partial charge in [0, 0.05) is 0 Å². The Kier molecular flexibility index (Phi) is 8.14. The predicted molar refractivity (Wildman–Crippen MR) is 73.6 cm³/mol. The SMILES string of the molecule is CC(C)[c-]1cccc1.CC(C)[c-]1cccc1.[ReH]. The van der Waals surface area contributed by atoms with Crippen LogP contribution >= 0.6 is 0 Å². The zero-order valence-electron chi connectivity index (χ0n) is 11.2. The molecule has 0 aliphatic heterocycles. The van der Waals surface area contributed by atoms with Crippen LogP contribution in [0.25, 0.3) is 0 Å². The van der Waals surface area contributed by atoms with Gasteiger partial charge < -0.3 is 0 Å². The first-order valence-electron chi connectivity index (χ1n) is 6.04. The topological polar surface area (TPSA) is 0 Å². The van der Waals surface area contributed by atoms with E-state index in [1.54, 1.807) is 0 Å². The van der Waals surface area contributed by atoms with Gasteiger partial charge in [-0.25, -0.2) is 24.3 Å². The standard InChI is InChI=1S/2C8H11.Re.H/c2*1-7(2)8-5-3-4-6-8;;/h2*3-7H,1-2H3;;/q2*-1;;. The molecular formula is C16H23Re-2. The Balaban J connectivity index is 0.000000284. The Bertz CT molecular complexity index is 314. The Labute approximate surface area is 119 Å². The summed E-state index contributed by atoms with van der Waals surface area (Å²) in [6.45, 7) is 8.81. The molecule has 1 heteroatoms. The van der Waals surface area contributed by atoms with Gasteiger partial charge in [0.15, 0.2) is 0 Å². The van der Waals surface area contributed by atoms with Gasteiger partial charge in [-0.2, -0.15) is 35.4 Å². The fraction of sp³-hybridized carbons (Fsp3) is 0.375. The van der Waals surface area contributed by atoms with Crippen molar-refractivity contribution in [3.05, 3.63) is 59.7 Å². The molecule has 1 radical (unpaired) electrons. The number of hydrogen-bond donors (Lipinski definition) is 0. The second-order valence-corrected chi connectivity index (χ2v) is 4.75. The summed E-state index contributed by atoms with van der Waals surface area (Å²) in [4.78, 5) is 0. The Morgan fingerprint density at radius 3 is 0.941 bits per heavy atom. The van der Waals surface area contributed by atoms with Gasteiger partial charge in [-0.05, 0) is 0 Å². The van der Waals surface area contributed by atoms with Crippen LogP contribution in [0.3, 0.4) is 0 Å². The first-order chi connectivity index (χ1) is 7.61. The molecule has 0 saturated heterocycles. The van der Waals surface area contributed by atoms with Crippen molar-refractivity contribution in [2.75, 3.05) is 0 Å². The number of rotatable bonds is 2. The molecule has 2 aromatic carbocycles. The van der Waals surface area contributed by atoms with Crippen molar-refractivity contribution < 1.29 is 20.4 Å². The summed E-state index contributed by atoms with van der Waals surface area (Å²) < 4.78 is 0. The first kappa shape index (κ1) is 16.4. The van der Waals surface area contributed by atoms with Crippen molar-refractivity contribution in [3.63, 3.8) is 0 Å². The predicted octanol–water partition coefficient (Wildman–Crippen LogP) is 4.79. The summed E-state index contributed by atoms with van der Waals surface area (Å²) in [5.74, 6) is 1.37. The summed E-state index contributed by atoms with van der Waals surface area (Å²) in [5.41, 5.74) is 2.87. The van der Waals surface area contributed by atoms with Gasteiger partial charge in [0.05, 0.1) is 0 Å². The minimum absolute atomic E-state index is 0. The van der Waals surface area contributed by atoms with Crippen molar-refractivity contribution in [2.45, 2.75) is 39.5 Å². The van der Waals surface area contributed by atoms with E-state index in [-0.39, 0.29) is 20.4 Å². The summed E-state index contributed by atoms with van der Waals surface area (Å²) >= 11 is 0. The normalized spacial score (nSPS) is 9.76. The quantitative estimate of drug-likeness (QED) is 0.635. The van der Waals surface area contributed by atoms with Gasteiger partial charge in [0.2, 0.25) is 0 Å². The van der Waals surface area contributed by atoms with Crippen LogP contribution in [0.4, 0.5) is 0 Å². The summed E-state index contributed by atoms with van der Waals surface area (Å²) in [6, 6.07) is 16.9. The van der Waals surface area contributed by atoms with Gasteiger partial charge in [-0.3, -0.25) is 0 Å². The number of hydrogen-bond acceptors (Lipinski definition) is 0. The van der Waals surface area contributed by atoms with Crippen LogP contribution in [0, 0.1) is 0 Å². The van der Waals surface area contributed by atoms with Crippen LogP contribution in [0.15, 0.2) is 48.5 Å². The zero-order valence-corrected chi connectivity index (χ0v) is 14.1. The molecular weight excluding hydrogens is 378 g/mol. The maximum absolute atomic E-state index is 2.20. The fourth-order valence-corrected chi connectivity index (χ4v) is 1.55. The maximum atomic E-state index is 2.20. The van der Waals surface area contributed by atoms with Crippen LogP contribution < -0.4 is 0 Å². The molecule has 0 fully saturated rings. The van der Waals surface area contributed by atoms with Crippen molar-refractivity contribution in [3.8, 4) is 0 Å². The second-order valence-electron chi connectivity index (χ2n) is 4.75. The van der Waals surface area contributed by atoms with E-state index in [2.05, 4.69) is 76.2 Å². The molecule has 0 aliphatic rings. The van der Waals surface area contributed by atoms with Gasteiger partial charge in [-0.1, -0.05) is 39.5 Å². The molecule has 0 spiro atoms. The Morgan fingerprint density at radius 2 is 0.824 bits per heavy atom. The Morgan fingerprint density at radius 1 is 0.588 bits per heavy atom. The van der Waals surface area contributed by atoms with Gasteiger partial charge >= 0.3 is 20.4 Å². The summed E-state index contributed by atoms with van der Waals surface area (Å²) in [7, 11) is 0. The fourth-order valence-electron chi connectivity index (χ4n) is 1.55. The third kappa shape index (κ3) is 6.01. The molecule has 2 aromatic rings. The van der Waals surface area contributed by atoms with E-state index in [0.29, 0.717) is 11.8 Å². The second kappa shape index (κ2) is 8.45. The third-order valence-corrected chi connectivity index (χ3v) is 2.71. The summed E-state index contributed by atoms with van der Waals surface area (Å²) in [6.07, 6.45) is 0. The van der Waals surface area contributed by atoms with E-state index in [1.807, 2.05) is 0 Å². The molecule has 17 heavy (non-hydrogen) atoms. The van der Waals surface area contributed by atoms with Crippen molar-refractivity contribution in [1.82, 2.24) is 0 Å². The van der Waals surface area contributed by atoms with Crippen molar-refractivity contribution >= 4 is 0 Å². The van der Waals surface area contributed by atoms with E-state index < -0.39 is 0 Å². The Hall–Kier alpha value is -0.638. The average Bonchev–Trinajstić information content (AvgIpc) is 2.93. The molecule has 0 unspecified atom stereocenters. The first-order valence-corrected chi connectivity index (χ1v) is 6.04. The molecule has 0 heterocycles. The van der Waals surface area contributed by atoms with E-state index in [4.69, 9.17) is 0 Å². The third-order valence-electron chi connectivity index (χ3n) is 2.71. The average molecular weight is 402 g/mol. The molecule has 0 amide bonds. The van der Waals surface area contributed by atoms with Crippen LogP contribution in [0.2, 0.25) is 0 Å². The monoisotopic (exact) mass is 402 g/mol. The molecule has 0 bridgehead atoms. The van der Waals surface area contributed by atoms with Crippen LogP contribution in [0.5, 0.6) is 0 Å². The van der Waals surface area contributed by atoms with E-state index >= 15 is 0 Å². The van der Waals surface area contributed by atoms with Crippen LogP contribution in [0.1, 0.15) is 50.7 Å². The zero-order chi connectivity index (χ0) is 12.0. The molecule has 2 rings (SSSR count). The molecule has 96 valence electrons. The van der Waals surface area contributed by atoms with E-state index in [9.17, 15) is 0 Å². The molecule has 0 aliphatic carbocycles. The van der Waals surface area contributed by atoms with Gasteiger partial charge in [0.1, 0.15) is 0 Å². The summed E-state index contributed by atoms with van der Waals surface area (Å²) in [5, 5.41) is 0. The van der Waals surface area contributed by atoms with Crippen LogP contribution in [-0.4, -0.2) is 0 Å². The van der Waals surface area contributed by atoms with Gasteiger partial charge in [-0.15, -0.1) is 0 Å². The van der Waals surface area contributed by atoms with E-state index in [0.717, 1.165) is 0 Å². The molecule has 0 atom stereocenters. The van der Waals surface area contributed by atoms with Crippen molar-refractivity contribution in [1.29, 1.82) is 0 Å². The molecule has 0 aromatic heterocycles. The molecule has 0 N–H and O–H groups in total. The molecule has 0 nitrogen and oxygen atoms in total. The van der Waals surface area contributed by atoms with Crippen LogP contribution in [-0.2, 0) is 20.4 Å². The van der Waals surface area contributed by atoms with Crippen molar-refractivity contribution in [2.24, 2.45) is 0 Å². The minimum atomic E-state index is 0. The van der Waals surface area contributed by atoms with E-state index in [1.165, 1.54) is 11.1 Å². The molecule has 0 saturated carbocycles. The van der Waals surface area contributed by atoms with Gasteiger partial charge in [0.25, 0.3) is 0 Å².